The smallest absolute Gasteiger partial charge is 0.242 e. The van der Waals surface area contributed by atoms with Gasteiger partial charge in [-0.25, -0.2) is 4.39 Å². The Labute approximate surface area is 294 Å². The molecule has 0 radical (unpaired) electrons. The summed E-state index contributed by atoms with van der Waals surface area (Å²) in [7, 11) is 0. The Bertz CT molecular complexity index is 2120. The Balaban J connectivity index is 1.15. The summed E-state index contributed by atoms with van der Waals surface area (Å²) in [5, 5.41) is 4.74. The quantitative estimate of drug-likeness (QED) is 0.193. The van der Waals surface area contributed by atoms with Crippen molar-refractivity contribution in [3.63, 3.8) is 0 Å². The standard InChI is InChI=1S/C40H38FN5O3S/c1-40(2)23-31-37(33(47)24-40)38(26-16-17-29(41)34(22-26)49-27-10-4-3-5-11-27)46(32-14-8-7-13-30(32)42-31)25-36(48)44-18-20-45(21-19-44)39-28-12-6-9-15-35(28)50-43-39/h3-17,22,38,42H,18-21,23-25H2,1-2H3. The molecule has 0 spiro atoms. The number of allylic oxidation sites excluding steroid dienone is 1. The SMILES string of the molecule is CC1(C)CC(=O)C2=C(C1)Nc1ccccc1N(CC(=O)N1CCN(c3nsc4ccccc34)CC1)C2c1ccc(F)c(Oc2ccccc2)c1. The van der Waals surface area contributed by atoms with Crippen molar-refractivity contribution in [2.45, 2.75) is 32.7 Å². The average molecular weight is 688 g/mol. The molecule has 1 atom stereocenters. The Kier molecular flexibility index (Phi) is 8.27. The Hall–Kier alpha value is -5.22. The highest BCUT2D eigenvalue weighted by molar-refractivity contribution is 7.13. The zero-order chi connectivity index (χ0) is 34.4. The molecular formula is C40H38FN5O3S. The van der Waals surface area contributed by atoms with E-state index in [1.54, 1.807) is 24.3 Å². The maximum atomic E-state index is 15.3. The monoisotopic (exact) mass is 687 g/mol. The molecule has 1 aliphatic carbocycles. The third kappa shape index (κ3) is 6.08. The van der Waals surface area contributed by atoms with Crippen molar-refractivity contribution in [2.24, 2.45) is 5.41 Å². The van der Waals surface area contributed by atoms with Crippen LogP contribution in [0.25, 0.3) is 10.1 Å². The average Bonchev–Trinajstić information content (AvgIpc) is 3.49. The van der Waals surface area contributed by atoms with Crippen LogP contribution in [0.3, 0.4) is 0 Å². The second-order valence-electron chi connectivity index (χ2n) is 14.0. The van der Waals surface area contributed by atoms with Gasteiger partial charge in [-0.05, 0) is 77.5 Å². The summed E-state index contributed by atoms with van der Waals surface area (Å²) < 4.78 is 27.2. The highest BCUT2D eigenvalue weighted by Gasteiger charge is 2.42. The maximum Gasteiger partial charge on any atom is 0.242 e. The van der Waals surface area contributed by atoms with E-state index in [4.69, 9.17) is 9.11 Å². The van der Waals surface area contributed by atoms with Gasteiger partial charge in [0, 0.05) is 49.3 Å². The van der Waals surface area contributed by atoms with Crippen molar-refractivity contribution >= 4 is 50.5 Å². The van der Waals surface area contributed by atoms with E-state index in [9.17, 15) is 9.59 Å². The lowest BCUT2D eigenvalue weighted by Crippen LogP contribution is -2.52. The van der Waals surface area contributed by atoms with E-state index in [0.29, 0.717) is 55.9 Å². The van der Waals surface area contributed by atoms with Crippen molar-refractivity contribution in [3.05, 3.63) is 120 Å². The second-order valence-corrected chi connectivity index (χ2v) is 14.8. The van der Waals surface area contributed by atoms with Crippen LogP contribution in [0.15, 0.2) is 108 Å². The molecule has 3 aliphatic rings. The van der Waals surface area contributed by atoms with Crippen molar-refractivity contribution < 1.29 is 18.7 Å². The lowest BCUT2D eigenvalue weighted by molar-refractivity contribution is -0.130. The van der Waals surface area contributed by atoms with E-state index in [-0.39, 0.29) is 29.4 Å². The van der Waals surface area contributed by atoms with Gasteiger partial charge in [-0.15, -0.1) is 0 Å². The van der Waals surface area contributed by atoms with Crippen LogP contribution < -0.4 is 19.9 Å². The van der Waals surface area contributed by atoms with E-state index < -0.39 is 11.9 Å². The third-order valence-corrected chi connectivity index (χ3v) is 10.7. The Morgan fingerprint density at radius 2 is 1.68 bits per heavy atom. The van der Waals surface area contributed by atoms with E-state index in [1.165, 1.54) is 17.6 Å². The van der Waals surface area contributed by atoms with Crippen LogP contribution in [0.2, 0.25) is 0 Å². The van der Waals surface area contributed by atoms with Crippen LogP contribution in [-0.4, -0.2) is 53.7 Å². The summed E-state index contributed by atoms with van der Waals surface area (Å²) in [5.41, 5.74) is 3.48. The fourth-order valence-electron chi connectivity index (χ4n) is 7.47. The predicted molar refractivity (Wildman–Crippen MR) is 197 cm³/mol. The number of para-hydroxylation sites is 3. The van der Waals surface area contributed by atoms with Crippen molar-refractivity contribution in [1.29, 1.82) is 0 Å². The fourth-order valence-corrected chi connectivity index (χ4v) is 8.27. The van der Waals surface area contributed by atoms with E-state index in [0.717, 1.165) is 33.0 Å². The molecule has 0 saturated carbocycles. The summed E-state index contributed by atoms with van der Waals surface area (Å²) in [4.78, 5) is 34.7. The Morgan fingerprint density at radius 1 is 0.940 bits per heavy atom. The van der Waals surface area contributed by atoms with Gasteiger partial charge in [0.1, 0.15) is 11.6 Å². The normalized spacial score (nSPS) is 18.7. The van der Waals surface area contributed by atoms with Crippen LogP contribution in [0.1, 0.15) is 38.3 Å². The number of Topliss-reactive ketones (excluding diaryl/α,β-unsaturated/α-hetero) is 1. The maximum absolute atomic E-state index is 15.3. The Morgan fingerprint density at radius 3 is 2.50 bits per heavy atom. The number of aromatic nitrogens is 1. The third-order valence-electron chi connectivity index (χ3n) is 9.84. The van der Waals surface area contributed by atoms with Crippen LogP contribution in [-0.2, 0) is 9.59 Å². The molecule has 1 fully saturated rings. The summed E-state index contributed by atoms with van der Waals surface area (Å²) in [6.07, 6.45) is 1.02. The number of fused-ring (bicyclic) bond motifs is 2. The first-order valence-electron chi connectivity index (χ1n) is 17.0. The molecule has 1 N–H and O–H groups in total. The van der Waals surface area contributed by atoms with Gasteiger partial charge >= 0.3 is 0 Å². The highest BCUT2D eigenvalue weighted by atomic mass is 32.1. The first-order valence-corrected chi connectivity index (χ1v) is 17.8. The molecule has 2 aliphatic heterocycles. The molecule has 8 nitrogen and oxygen atoms in total. The number of carbonyl (C=O) groups excluding carboxylic acids is 2. The molecule has 5 aromatic rings. The molecule has 1 aromatic heterocycles. The van der Waals surface area contributed by atoms with Gasteiger partial charge < -0.3 is 24.8 Å². The van der Waals surface area contributed by atoms with Gasteiger partial charge in [0.05, 0.1) is 28.7 Å². The number of piperazine rings is 1. The first kappa shape index (κ1) is 32.0. The largest absolute Gasteiger partial charge is 0.454 e. The number of ketones is 1. The summed E-state index contributed by atoms with van der Waals surface area (Å²) in [5.74, 6) is 0.989. The van der Waals surface area contributed by atoms with Crippen molar-refractivity contribution in [1.82, 2.24) is 9.27 Å². The van der Waals surface area contributed by atoms with Gasteiger partial charge in [0.2, 0.25) is 5.91 Å². The zero-order valence-electron chi connectivity index (χ0n) is 28.1. The van der Waals surface area contributed by atoms with Gasteiger partial charge in [-0.2, -0.15) is 4.37 Å². The number of hydrogen-bond acceptors (Lipinski definition) is 8. The number of rotatable bonds is 6. The van der Waals surface area contributed by atoms with Crippen LogP contribution in [0.5, 0.6) is 11.5 Å². The van der Waals surface area contributed by atoms with Gasteiger partial charge in [-0.3, -0.25) is 9.59 Å². The number of hydrogen-bond donors (Lipinski definition) is 1. The molecular weight excluding hydrogens is 650 g/mol. The lowest BCUT2D eigenvalue weighted by atomic mass is 9.73. The molecule has 0 bridgehead atoms. The number of amides is 1. The number of nitrogens with one attached hydrogen (secondary N) is 1. The predicted octanol–water partition coefficient (Wildman–Crippen LogP) is 8.19. The van der Waals surface area contributed by atoms with Gasteiger partial charge in [0.15, 0.2) is 17.3 Å². The summed E-state index contributed by atoms with van der Waals surface area (Å²) in [6, 6.07) is 29.3. The van der Waals surface area contributed by atoms with Crippen LogP contribution in [0, 0.1) is 11.2 Å². The molecule has 50 heavy (non-hydrogen) atoms. The fraction of sp³-hybridized carbons (Fsp3) is 0.275. The molecule has 3 heterocycles. The lowest BCUT2D eigenvalue weighted by Gasteiger charge is -2.40. The molecule has 10 heteroatoms. The zero-order valence-corrected chi connectivity index (χ0v) is 28.9. The second kappa shape index (κ2) is 12.9. The highest BCUT2D eigenvalue weighted by Crippen LogP contribution is 2.49. The van der Waals surface area contributed by atoms with Crippen LogP contribution in [0.4, 0.5) is 21.6 Å². The van der Waals surface area contributed by atoms with E-state index in [1.807, 2.05) is 64.4 Å². The molecule has 1 unspecified atom stereocenters. The number of carbonyl (C=O) groups is 2. The summed E-state index contributed by atoms with van der Waals surface area (Å²) in [6.45, 7) is 6.67. The number of halogens is 1. The minimum atomic E-state index is -0.657. The molecule has 254 valence electrons. The van der Waals surface area contributed by atoms with Gasteiger partial charge in [0.25, 0.3) is 0 Å². The molecule has 4 aromatic carbocycles. The summed E-state index contributed by atoms with van der Waals surface area (Å²) >= 11 is 1.49. The minimum Gasteiger partial charge on any atom is -0.454 e. The topological polar surface area (TPSA) is 78.0 Å². The number of benzene rings is 4. The van der Waals surface area contributed by atoms with Gasteiger partial charge in [-0.1, -0.05) is 62.4 Å². The first-order chi connectivity index (χ1) is 24.2. The van der Waals surface area contributed by atoms with Crippen molar-refractivity contribution in [2.75, 3.05) is 47.8 Å². The number of ether oxygens (including phenoxy) is 1. The molecule has 1 amide bonds. The number of anilines is 3. The number of nitrogens with zero attached hydrogens (tertiary/aromatic N) is 4. The van der Waals surface area contributed by atoms with Crippen molar-refractivity contribution in [3.8, 4) is 11.5 Å². The minimum absolute atomic E-state index is 0.0120. The van der Waals surface area contributed by atoms with E-state index in [2.05, 4.69) is 36.2 Å². The van der Waals surface area contributed by atoms with E-state index >= 15 is 4.39 Å². The molecule has 8 rings (SSSR count). The molecule has 1 saturated heterocycles. The van der Waals surface area contributed by atoms with Crippen LogP contribution >= 0.6 is 11.5 Å².